The van der Waals surface area contributed by atoms with Gasteiger partial charge in [-0.05, 0) is 24.6 Å². The number of hydrogen-bond donors (Lipinski definition) is 1. The molecule has 9 heteroatoms. The van der Waals surface area contributed by atoms with E-state index in [-0.39, 0.29) is 22.2 Å². The number of hydrogen-bond acceptors (Lipinski definition) is 6. The number of aryl methyl sites for hydroxylation is 2. The molecule has 0 aliphatic carbocycles. The smallest absolute Gasteiger partial charge is 0.338 e. The first-order valence-corrected chi connectivity index (χ1v) is 7.41. The number of carbonyl (C=O) groups is 1. The third-order valence-corrected chi connectivity index (χ3v) is 4.30. The number of benzene rings is 1. The molecule has 0 bridgehead atoms. The molecule has 0 saturated heterocycles. The molecule has 1 aromatic carbocycles. The zero-order chi connectivity index (χ0) is 15.8. The Kier molecular flexibility index (Phi) is 3.77. The topological polar surface area (TPSA) is 110 Å². The van der Waals surface area contributed by atoms with Gasteiger partial charge in [0, 0.05) is 6.92 Å². The predicted octanol–water partition coefficient (Wildman–Crippen LogP) is 1.50. The van der Waals surface area contributed by atoms with E-state index in [0.29, 0.717) is 0 Å². The van der Waals surface area contributed by atoms with Crippen molar-refractivity contribution in [2.45, 2.75) is 24.5 Å². The summed E-state index contributed by atoms with van der Waals surface area (Å²) in [5.41, 5.74) is -0.768. The number of rotatable bonds is 4. The van der Waals surface area contributed by atoms with Gasteiger partial charge in [-0.3, -0.25) is 0 Å². The molecule has 1 heterocycles. The quantitative estimate of drug-likeness (QED) is 0.851. The number of aromatic nitrogens is 2. The number of carboxylic acids is 1. The molecule has 0 unspecified atom stereocenters. The third kappa shape index (κ3) is 3.07. The highest BCUT2D eigenvalue weighted by Crippen LogP contribution is 2.22. The molecule has 0 spiro atoms. The molecule has 1 aromatic heterocycles. The fourth-order valence-electron chi connectivity index (χ4n) is 1.72. The van der Waals surface area contributed by atoms with Gasteiger partial charge in [-0.1, -0.05) is 5.16 Å². The van der Waals surface area contributed by atoms with E-state index in [2.05, 4.69) is 14.7 Å². The van der Waals surface area contributed by atoms with Crippen molar-refractivity contribution in [3.8, 4) is 0 Å². The molecule has 0 radical (unpaired) electrons. The lowest BCUT2D eigenvalue weighted by Crippen LogP contribution is -2.10. The lowest BCUT2D eigenvalue weighted by molar-refractivity contribution is 0.0691. The molecule has 0 saturated carbocycles. The summed E-state index contributed by atoms with van der Waals surface area (Å²) in [6.07, 6.45) is 0. The Morgan fingerprint density at radius 2 is 2.05 bits per heavy atom. The molecule has 0 aliphatic rings. The third-order valence-electron chi connectivity index (χ3n) is 2.71. The van der Waals surface area contributed by atoms with Crippen LogP contribution in [-0.4, -0.2) is 29.6 Å². The van der Waals surface area contributed by atoms with Gasteiger partial charge < -0.3 is 9.63 Å². The van der Waals surface area contributed by atoms with Crippen LogP contribution in [0.1, 0.15) is 27.6 Å². The van der Waals surface area contributed by atoms with Crippen molar-refractivity contribution >= 4 is 15.8 Å². The summed E-state index contributed by atoms with van der Waals surface area (Å²) in [6.45, 7) is 2.80. The van der Waals surface area contributed by atoms with Crippen molar-refractivity contribution in [1.82, 2.24) is 10.1 Å². The van der Waals surface area contributed by atoms with Gasteiger partial charge in [0.2, 0.25) is 5.89 Å². The number of carboxylic acid groups (broad SMARTS) is 1. The first-order chi connectivity index (χ1) is 9.70. The van der Waals surface area contributed by atoms with Gasteiger partial charge in [0.25, 0.3) is 0 Å². The Morgan fingerprint density at radius 1 is 1.38 bits per heavy atom. The number of aromatic carboxylic acids is 1. The van der Waals surface area contributed by atoms with Gasteiger partial charge in [0.05, 0.1) is 10.5 Å². The molecule has 0 fully saturated rings. The van der Waals surface area contributed by atoms with Crippen molar-refractivity contribution in [2.75, 3.05) is 0 Å². The van der Waals surface area contributed by atoms with Crippen LogP contribution in [0.5, 0.6) is 0 Å². The average Bonchev–Trinajstić information content (AvgIpc) is 2.76. The van der Waals surface area contributed by atoms with Crippen LogP contribution >= 0.6 is 0 Å². The van der Waals surface area contributed by atoms with Crippen LogP contribution < -0.4 is 0 Å². The summed E-state index contributed by atoms with van der Waals surface area (Å²) in [7, 11) is -3.91. The lowest BCUT2D eigenvalue weighted by Gasteiger charge is -2.07. The summed E-state index contributed by atoms with van der Waals surface area (Å²) in [6, 6.07) is 1.86. The van der Waals surface area contributed by atoms with Crippen molar-refractivity contribution in [3.05, 3.63) is 40.8 Å². The first kappa shape index (κ1) is 15.1. The van der Waals surface area contributed by atoms with E-state index < -0.39 is 32.9 Å². The van der Waals surface area contributed by atoms with Crippen LogP contribution in [0.3, 0.4) is 0 Å². The predicted molar refractivity (Wildman–Crippen MR) is 68.0 cm³/mol. The highest BCUT2D eigenvalue weighted by molar-refractivity contribution is 7.90. The van der Waals surface area contributed by atoms with Gasteiger partial charge in [-0.15, -0.1) is 0 Å². The van der Waals surface area contributed by atoms with Crippen LogP contribution in [0.15, 0.2) is 21.6 Å². The number of halogens is 1. The minimum absolute atomic E-state index is 0.0497. The van der Waals surface area contributed by atoms with Crippen molar-refractivity contribution < 1.29 is 27.2 Å². The van der Waals surface area contributed by atoms with E-state index in [9.17, 15) is 17.6 Å². The van der Waals surface area contributed by atoms with Crippen molar-refractivity contribution in [3.63, 3.8) is 0 Å². The molecule has 0 aliphatic heterocycles. The minimum atomic E-state index is -3.91. The second-order valence-electron chi connectivity index (χ2n) is 4.40. The summed E-state index contributed by atoms with van der Waals surface area (Å²) < 4.78 is 42.7. The van der Waals surface area contributed by atoms with Crippen molar-refractivity contribution in [1.29, 1.82) is 0 Å². The molecule has 0 atom stereocenters. The second-order valence-corrected chi connectivity index (χ2v) is 6.39. The highest BCUT2D eigenvalue weighted by Gasteiger charge is 2.23. The van der Waals surface area contributed by atoms with E-state index in [0.717, 1.165) is 12.1 Å². The minimum Gasteiger partial charge on any atom is -0.478 e. The van der Waals surface area contributed by atoms with E-state index in [1.54, 1.807) is 0 Å². The normalized spacial score (nSPS) is 11.6. The molecule has 21 heavy (non-hydrogen) atoms. The molecule has 1 N–H and O–H groups in total. The molecule has 0 amide bonds. The van der Waals surface area contributed by atoms with Gasteiger partial charge in [0.1, 0.15) is 11.6 Å². The van der Waals surface area contributed by atoms with Crippen LogP contribution in [0.25, 0.3) is 0 Å². The van der Waals surface area contributed by atoms with Crippen LogP contribution in [0.2, 0.25) is 0 Å². The molecule has 7 nitrogen and oxygen atoms in total. The number of sulfone groups is 1. The fourth-order valence-corrected chi connectivity index (χ4v) is 3.00. The Balaban J connectivity index is 2.47. The second kappa shape index (κ2) is 5.24. The fraction of sp³-hybridized carbons (Fsp3) is 0.250. The monoisotopic (exact) mass is 314 g/mol. The maximum atomic E-state index is 13.6. The Bertz CT molecular complexity index is 813. The molecule has 2 aromatic rings. The van der Waals surface area contributed by atoms with Gasteiger partial charge in [-0.2, -0.15) is 4.98 Å². The van der Waals surface area contributed by atoms with Gasteiger partial charge in [0.15, 0.2) is 15.7 Å². The van der Waals surface area contributed by atoms with E-state index in [1.165, 1.54) is 13.8 Å². The first-order valence-electron chi connectivity index (χ1n) is 5.76. The van der Waals surface area contributed by atoms with Crippen LogP contribution in [-0.2, 0) is 15.6 Å². The van der Waals surface area contributed by atoms with E-state index in [4.69, 9.17) is 5.11 Å². The van der Waals surface area contributed by atoms with Crippen LogP contribution in [0, 0.1) is 19.7 Å². The molecular weight excluding hydrogens is 303 g/mol. The zero-order valence-corrected chi connectivity index (χ0v) is 11.9. The summed E-state index contributed by atoms with van der Waals surface area (Å²) in [4.78, 5) is 14.4. The summed E-state index contributed by atoms with van der Waals surface area (Å²) >= 11 is 0. The van der Waals surface area contributed by atoms with Crippen molar-refractivity contribution in [2.24, 2.45) is 0 Å². The van der Waals surface area contributed by atoms with Crippen LogP contribution in [0.4, 0.5) is 4.39 Å². The Labute approximate surface area is 119 Å². The molecule has 2 rings (SSSR count). The summed E-state index contributed by atoms with van der Waals surface area (Å²) in [5, 5.41) is 12.4. The zero-order valence-electron chi connectivity index (χ0n) is 11.1. The Hall–Kier alpha value is -2.29. The lowest BCUT2D eigenvalue weighted by atomic mass is 10.1. The van der Waals surface area contributed by atoms with E-state index >= 15 is 0 Å². The summed E-state index contributed by atoms with van der Waals surface area (Å²) in [5.74, 6) is -2.90. The largest absolute Gasteiger partial charge is 0.478 e. The number of nitrogens with zero attached hydrogens (tertiary/aromatic N) is 2. The Morgan fingerprint density at radius 3 is 2.57 bits per heavy atom. The maximum absolute atomic E-state index is 13.6. The SMILES string of the molecule is Cc1nc(CS(=O)(=O)c2cc(C)c(F)c(C(=O)O)c2)no1. The van der Waals surface area contributed by atoms with Gasteiger partial charge in [-0.25, -0.2) is 17.6 Å². The molecular formula is C12H11FN2O5S. The van der Waals surface area contributed by atoms with E-state index in [1.807, 2.05) is 0 Å². The molecule has 112 valence electrons. The highest BCUT2D eigenvalue weighted by atomic mass is 32.2. The maximum Gasteiger partial charge on any atom is 0.338 e. The average molecular weight is 314 g/mol. The standard InChI is InChI=1S/C12H11FN2O5S/c1-6-3-8(4-9(11(6)13)12(16)17)21(18,19)5-10-14-7(2)20-15-10/h3-4H,5H2,1-2H3,(H,16,17). The van der Waals surface area contributed by atoms with Gasteiger partial charge >= 0.3 is 5.97 Å².